The Morgan fingerprint density at radius 2 is 1.83 bits per heavy atom. The number of nitrogens with one attached hydrogen (secondary N) is 1. The lowest BCUT2D eigenvalue weighted by Gasteiger charge is -2.10. The number of aromatic nitrogens is 2. The minimum Gasteiger partial charge on any atom is -0.493 e. The normalized spacial score (nSPS) is 10.5. The number of methoxy groups -OCH3 is 1. The third-order valence-electron chi connectivity index (χ3n) is 3.35. The number of anilines is 1. The van der Waals surface area contributed by atoms with Gasteiger partial charge in [-0.05, 0) is 24.3 Å². The molecular weight excluding hydrogens is 316 g/mol. The number of hydrogen-bond acceptors (Lipinski definition) is 3. The summed E-state index contributed by atoms with van der Waals surface area (Å²) in [5, 5.41) is 6.60. The summed E-state index contributed by atoms with van der Waals surface area (Å²) < 4.78 is 33.9. The summed E-state index contributed by atoms with van der Waals surface area (Å²) in [6.07, 6.45) is 2.98. The third-order valence-corrected chi connectivity index (χ3v) is 3.35. The number of para-hydroxylation sites is 1. The van der Waals surface area contributed by atoms with Crippen LogP contribution in [0.4, 0.5) is 14.5 Å². The fraction of sp³-hybridized carbons (Fsp3) is 0.0588. The number of carbonyl (C=O) groups excluding carboxylic acids is 1. The Kier molecular flexibility index (Phi) is 4.24. The average molecular weight is 329 g/mol. The molecule has 0 spiro atoms. The molecule has 24 heavy (non-hydrogen) atoms. The molecule has 0 radical (unpaired) electrons. The van der Waals surface area contributed by atoms with E-state index in [4.69, 9.17) is 4.74 Å². The first-order chi connectivity index (χ1) is 11.6. The van der Waals surface area contributed by atoms with Crippen molar-refractivity contribution in [2.75, 3.05) is 12.4 Å². The number of ether oxygens (including phenoxy) is 1. The maximum atomic E-state index is 13.9. The van der Waals surface area contributed by atoms with E-state index >= 15 is 0 Å². The zero-order valence-electron chi connectivity index (χ0n) is 12.7. The number of rotatable bonds is 4. The highest BCUT2D eigenvalue weighted by Crippen LogP contribution is 2.26. The largest absolute Gasteiger partial charge is 0.493 e. The van der Waals surface area contributed by atoms with E-state index in [0.717, 1.165) is 17.8 Å². The third kappa shape index (κ3) is 2.96. The molecule has 2 aromatic carbocycles. The van der Waals surface area contributed by atoms with Crippen LogP contribution < -0.4 is 10.1 Å². The lowest BCUT2D eigenvalue weighted by Crippen LogP contribution is -2.15. The van der Waals surface area contributed by atoms with E-state index in [-0.39, 0.29) is 0 Å². The molecule has 0 aliphatic carbocycles. The summed E-state index contributed by atoms with van der Waals surface area (Å²) >= 11 is 0. The van der Waals surface area contributed by atoms with Crippen LogP contribution in [0.25, 0.3) is 5.69 Å². The van der Waals surface area contributed by atoms with Crippen molar-refractivity contribution in [3.05, 3.63) is 72.1 Å². The van der Waals surface area contributed by atoms with Gasteiger partial charge in [-0.25, -0.2) is 13.5 Å². The van der Waals surface area contributed by atoms with Gasteiger partial charge in [0.15, 0.2) is 11.6 Å². The molecule has 0 aliphatic heterocycles. The number of hydrogen-bond donors (Lipinski definition) is 1. The van der Waals surface area contributed by atoms with Gasteiger partial charge in [0.25, 0.3) is 5.91 Å². The predicted octanol–water partition coefficient (Wildman–Crippen LogP) is 3.41. The van der Waals surface area contributed by atoms with Crippen molar-refractivity contribution in [2.45, 2.75) is 0 Å². The Labute approximate surface area is 136 Å². The van der Waals surface area contributed by atoms with Gasteiger partial charge >= 0.3 is 0 Å². The Bertz CT molecular complexity index is 879. The zero-order valence-corrected chi connectivity index (χ0v) is 12.7. The topological polar surface area (TPSA) is 56.1 Å². The second kappa shape index (κ2) is 6.49. The Balaban J connectivity index is 1.87. The minimum absolute atomic E-state index is 0.342. The fourth-order valence-corrected chi connectivity index (χ4v) is 2.25. The highest BCUT2D eigenvalue weighted by molar-refractivity contribution is 6.06. The molecule has 0 saturated heterocycles. The number of nitrogens with zero attached hydrogens (tertiary/aromatic N) is 2. The lowest BCUT2D eigenvalue weighted by molar-refractivity contribution is 0.101. The summed E-state index contributed by atoms with van der Waals surface area (Å²) in [7, 11) is 1.17. The summed E-state index contributed by atoms with van der Waals surface area (Å²) in [4.78, 5) is 12.3. The Morgan fingerprint density at radius 3 is 2.54 bits per heavy atom. The van der Waals surface area contributed by atoms with Crippen LogP contribution in [0.2, 0.25) is 0 Å². The number of benzene rings is 2. The van der Waals surface area contributed by atoms with Crippen LogP contribution in [0.3, 0.4) is 0 Å². The molecule has 3 rings (SSSR count). The molecule has 0 bridgehead atoms. The van der Waals surface area contributed by atoms with Crippen molar-refractivity contribution in [2.24, 2.45) is 0 Å². The molecule has 1 N–H and O–H groups in total. The SMILES string of the molecule is COc1c(F)ccc(F)c1C(=O)Nc1cnn(-c2ccccc2)c1. The first kappa shape index (κ1) is 15.7. The molecule has 0 aliphatic rings. The quantitative estimate of drug-likeness (QED) is 0.798. The van der Waals surface area contributed by atoms with Crippen molar-refractivity contribution in [3.8, 4) is 11.4 Å². The minimum atomic E-state index is -0.874. The summed E-state index contributed by atoms with van der Waals surface area (Å²) in [5.41, 5.74) is 0.645. The van der Waals surface area contributed by atoms with Gasteiger partial charge in [-0.15, -0.1) is 0 Å². The van der Waals surface area contributed by atoms with Gasteiger partial charge in [0.05, 0.1) is 30.9 Å². The fourth-order valence-electron chi connectivity index (χ4n) is 2.25. The molecule has 0 atom stereocenters. The van der Waals surface area contributed by atoms with Gasteiger partial charge in [0.1, 0.15) is 11.4 Å². The number of halogens is 2. The molecule has 7 heteroatoms. The summed E-state index contributed by atoms with van der Waals surface area (Å²) in [6, 6.07) is 11.0. The molecule has 0 fully saturated rings. The maximum Gasteiger partial charge on any atom is 0.262 e. The molecule has 5 nitrogen and oxygen atoms in total. The standard InChI is InChI=1S/C17H13F2N3O2/c1-24-16-14(19)8-7-13(18)15(16)17(23)21-11-9-20-22(10-11)12-5-3-2-4-6-12/h2-10H,1H3,(H,21,23). The van der Waals surface area contributed by atoms with E-state index in [1.807, 2.05) is 30.3 Å². The van der Waals surface area contributed by atoms with Gasteiger partial charge < -0.3 is 10.1 Å². The van der Waals surface area contributed by atoms with Gasteiger partial charge in [0, 0.05) is 0 Å². The van der Waals surface area contributed by atoms with Crippen LogP contribution in [0.1, 0.15) is 10.4 Å². The van der Waals surface area contributed by atoms with Crippen LogP contribution in [0, 0.1) is 11.6 Å². The van der Waals surface area contributed by atoms with Crippen molar-refractivity contribution < 1.29 is 18.3 Å². The monoisotopic (exact) mass is 329 g/mol. The van der Waals surface area contributed by atoms with Crippen LogP contribution in [-0.2, 0) is 0 Å². The van der Waals surface area contributed by atoms with Crippen molar-refractivity contribution in [1.29, 1.82) is 0 Å². The molecule has 3 aromatic rings. The average Bonchev–Trinajstić information content (AvgIpc) is 3.05. The van der Waals surface area contributed by atoms with Gasteiger partial charge in [-0.3, -0.25) is 4.79 Å². The highest BCUT2D eigenvalue weighted by Gasteiger charge is 2.22. The second-order valence-corrected chi connectivity index (χ2v) is 4.90. The first-order valence-electron chi connectivity index (χ1n) is 7.03. The molecule has 1 amide bonds. The second-order valence-electron chi connectivity index (χ2n) is 4.90. The molecule has 0 unspecified atom stereocenters. The van der Waals surface area contributed by atoms with E-state index < -0.39 is 28.9 Å². The van der Waals surface area contributed by atoms with E-state index in [9.17, 15) is 13.6 Å². The van der Waals surface area contributed by atoms with Crippen molar-refractivity contribution in [3.63, 3.8) is 0 Å². The molecule has 122 valence electrons. The summed E-state index contributed by atoms with van der Waals surface area (Å²) in [5.74, 6) is -2.95. The van der Waals surface area contributed by atoms with E-state index in [0.29, 0.717) is 5.69 Å². The lowest BCUT2D eigenvalue weighted by atomic mass is 10.1. The van der Waals surface area contributed by atoms with E-state index in [1.165, 1.54) is 13.3 Å². The molecule has 1 heterocycles. The number of carbonyl (C=O) groups is 1. The first-order valence-corrected chi connectivity index (χ1v) is 7.03. The predicted molar refractivity (Wildman–Crippen MR) is 84.4 cm³/mol. The van der Waals surface area contributed by atoms with Crippen LogP contribution in [0.15, 0.2) is 54.9 Å². The van der Waals surface area contributed by atoms with Crippen molar-refractivity contribution in [1.82, 2.24) is 9.78 Å². The Hall–Kier alpha value is -3.22. The van der Waals surface area contributed by atoms with Gasteiger partial charge in [-0.2, -0.15) is 5.10 Å². The molecular formula is C17H13F2N3O2. The zero-order chi connectivity index (χ0) is 17.1. The van der Waals surface area contributed by atoms with Crippen LogP contribution in [0.5, 0.6) is 5.75 Å². The van der Waals surface area contributed by atoms with E-state index in [1.54, 1.807) is 10.9 Å². The van der Waals surface area contributed by atoms with Crippen molar-refractivity contribution >= 4 is 11.6 Å². The van der Waals surface area contributed by atoms with Crippen LogP contribution >= 0.6 is 0 Å². The smallest absolute Gasteiger partial charge is 0.262 e. The molecule has 1 aromatic heterocycles. The number of amides is 1. The van der Waals surface area contributed by atoms with Gasteiger partial charge in [0.2, 0.25) is 0 Å². The van der Waals surface area contributed by atoms with E-state index in [2.05, 4.69) is 10.4 Å². The summed E-state index contributed by atoms with van der Waals surface area (Å²) in [6.45, 7) is 0. The van der Waals surface area contributed by atoms with Gasteiger partial charge in [-0.1, -0.05) is 18.2 Å². The Morgan fingerprint density at radius 1 is 1.12 bits per heavy atom. The van der Waals surface area contributed by atoms with Crippen LogP contribution in [-0.4, -0.2) is 22.8 Å². The maximum absolute atomic E-state index is 13.9. The highest BCUT2D eigenvalue weighted by atomic mass is 19.1. The molecule has 0 saturated carbocycles.